The number of hydrogen-bond acceptors (Lipinski definition) is 2. The van der Waals surface area contributed by atoms with Crippen LogP contribution >= 0.6 is 0 Å². The van der Waals surface area contributed by atoms with Crippen LogP contribution in [0.1, 0.15) is 19.4 Å². The molecule has 0 amide bonds. The molecule has 1 aromatic rings. The largest absolute Gasteiger partial charge is 0.481 e. The number of nitrogens with zero attached hydrogens (tertiary/aromatic N) is 1. The highest BCUT2D eigenvalue weighted by atomic mass is 16.4. The van der Waals surface area contributed by atoms with Gasteiger partial charge in [0.2, 0.25) is 0 Å². The minimum atomic E-state index is -0.649. The van der Waals surface area contributed by atoms with Crippen molar-refractivity contribution in [3.05, 3.63) is 35.9 Å². The number of carboxylic acids is 1. The Balaban J connectivity index is 2.03. The molecule has 18 heavy (non-hydrogen) atoms. The standard InChI is InChI=1S/C15H21NO2/c1-11(2)13-9-16(10-14(13)15(17)18)8-12-6-4-3-5-7-12/h3-7,11,13-14H,8-10H2,1-2H3,(H,17,18). The molecule has 0 bridgehead atoms. The minimum absolute atomic E-state index is 0.214. The first kappa shape index (κ1) is 13.1. The molecule has 3 heteroatoms. The van der Waals surface area contributed by atoms with Crippen LogP contribution in [0.4, 0.5) is 0 Å². The maximum atomic E-state index is 11.3. The minimum Gasteiger partial charge on any atom is -0.481 e. The summed E-state index contributed by atoms with van der Waals surface area (Å²) in [5.74, 6) is -0.170. The summed E-state index contributed by atoms with van der Waals surface area (Å²) in [7, 11) is 0. The topological polar surface area (TPSA) is 40.5 Å². The summed E-state index contributed by atoms with van der Waals surface area (Å²) in [6.45, 7) is 6.66. The van der Waals surface area contributed by atoms with Gasteiger partial charge in [0.05, 0.1) is 5.92 Å². The second kappa shape index (κ2) is 5.53. The molecule has 1 saturated heterocycles. The van der Waals surface area contributed by atoms with Crippen LogP contribution in [0.3, 0.4) is 0 Å². The lowest BCUT2D eigenvalue weighted by Gasteiger charge is -2.18. The van der Waals surface area contributed by atoms with Crippen molar-refractivity contribution in [3.8, 4) is 0 Å². The number of carbonyl (C=O) groups is 1. The lowest BCUT2D eigenvalue weighted by atomic mass is 9.86. The van der Waals surface area contributed by atoms with Crippen molar-refractivity contribution in [2.24, 2.45) is 17.8 Å². The molecule has 0 aromatic heterocycles. The number of rotatable bonds is 4. The van der Waals surface area contributed by atoms with Gasteiger partial charge in [-0.05, 0) is 17.4 Å². The van der Waals surface area contributed by atoms with Crippen LogP contribution in [0.2, 0.25) is 0 Å². The molecular weight excluding hydrogens is 226 g/mol. The number of hydrogen-bond donors (Lipinski definition) is 1. The lowest BCUT2D eigenvalue weighted by molar-refractivity contribution is -0.143. The van der Waals surface area contributed by atoms with E-state index >= 15 is 0 Å². The van der Waals surface area contributed by atoms with Crippen LogP contribution in [-0.4, -0.2) is 29.1 Å². The van der Waals surface area contributed by atoms with Crippen LogP contribution in [0.15, 0.2) is 30.3 Å². The van der Waals surface area contributed by atoms with Crippen molar-refractivity contribution in [3.63, 3.8) is 0 Å². The summed E-state index contributed by atoms with van der Waals surface area (Å²) in [5.41, 5.74) is 1.26. The average molecular weight is 247 g/mol. The van der Waals surface area contributed by atoms with E-state index in [0.717, 1.165) is 13.1 Å². The lowest BCUT2D eigenvalue weighted by Crippen LogP contribution is -2.25. The van der Waals surface area contributed by atoms with E-state index in [0.29, 0.717) is 12.5 Å². The van der Waals surface area contributed by atoms with Gasteiger partial charge in [-0.2, -0.15) is 0 Å². The van der Waals surface area contributed by atoms with E-state index in [4.69, 9.17) is 0 Å². The molecule has 0 spiro atoms. The molecule has 2 rings (SSSR count). The summed E-state index contributed by atoms with van der Waals surface area (Å²) < 4.78 is 0. The highest BCUT2D eigenvalue weighted by Crippen LogP contribution is 2.30. The van der Waals surface area contributed by atoms with E-state index in [1.807, 2.05) is 18.2 Å². The SMILES string of the molecule is CC(C)C1CN(Cc2ccccc2)CC1C(=O)O. The number of carboxylic acid groups (broad SMARTS) is 1. The van der Waals surface area contributed by atoms with E-state index in [1.54, 1.807) is 0 Å². The molecule has 2 atom stereocenters. The molecule has 2 unspecified atom stereocenters. The quantitative estimate of drug-likeness (QED) is 0.888. The fourth-order valence-electron chi connectivity index (χ4n) is 2.82. The van der Waals surface area contributed by atoms with E-state index in [2.05, 4.69) is 30.9 Å². The summed E-state index contributed by atoms with van der Waals surface area (Å²) in [6, 6.07) is 10.3. The average Bonchev–Trinajstić information content (AvgIpc) is 2.74. The van der Waals surface area contributed by atoms with Crippen molar-refractivity contribution in [2.75, 3.05) is 13.1 Å². The molecule has 0 radical (unpaired) electrons. The van der Waals surface area contributed by atoms with Gasteiger partial charge in [-0.25, -0.2) is 0 Å². The molecule has 1 aliphatic heterocycles. The maximum Gasteiger partial charge on any atom is 0.308 e. The molecule has 0 aliphatic carbocycles. The summed E-state index contributed by atoms with van der Waals surface area (Å²) in [6.07, 6.45) is 0. The zero-order valence-electron chi connectivity index (χ0n) is 11.0. The predicted molar refractivity (Wildman–Crippen MR) is 71.2 cm³/mol. The Morgan fingerprint density at radius 2 is 2.00 bits per heavy atom. The van der Waals surface area contributed by atoms with Crippen molar-refractivity contribution >= 4 is 5.97 Å². The van der Waals surface area contributed by atoms with E-state index in [-0.39, 0.29) is 11.8 Å². The normalized spacial score (nSPS) is 24.6. The van der Waals surface area contributed by atoms with Gasteiger partial charge >= 0.3 is 5.97 Å². The van der Waals surface area contributed by atoms with Crippen LogP contribution in [0.5, 0.6) is 0 Å². The Hall–Kier alpha value is -1.35. The first-order valence-corrected chi connectivity index (χ1v) is 6.57. The van der Waals surface area contributed by atoms with Gasteiger partial charge in [-0.3, -0.25) is 9.69 Å². The van der Waals surface area contributed by atoms with Crippen LogP contribution < -0.4 is 0 Å². The van der Waals surface area contributed by atoms with Gasteiger partial charge in [0.25, 0.3) is 0 Å². The molecule has 3 nitrogen and oxygen atoms in total. The summed E-state index contributed by atoms with van der Waals surface area (Å²) in [5, 5.41) is 9.29. The van der Waals surface area contributed by atoms with Crippen molar-refractivity contribution in [1.29, 1.82) is 0 Å². The van der Waals surface area contributed by atoms with Gasteiger partial charge in [-0.1, -0.05) is 44.2 Å². The summed E-state index contributed by atoms with van der Waals surface area (Å²) in [4.78, 5) is 13.6. The Morgan fingerprint density at radius 3 is 2.50 bits per heavy atom. The van der Waals surface area contributed by atoms with E-state index in [9.17, 15) is 9.90 Å². The summed E-state index contributed by atoms with van der Waals surface area (Å²) >= 11 is 0. The first-order chi connectivity index (χ1) is 8.58. The number of likely N-dealkylation sites (tertiary alicyclic amines) is 1. The van der Waals surface area contributed by atoms with Crippen LogP contribution in [0.25, 0.3) is 0 Å². The zero-order chi connectivity index (χ0) is 13.1. The van der Waals surface area contributed by atoms with Gasteiger partial charge < -0.3 is 5.11 Å². The maximum absolute atomic E-state index is 11.3. The van der Waals surface area contributed by atoms with Crippen molar-refractivity contribution in [2.45, 2.75) is 20.4 Å². The third-order valence-corrected chi connectivity index (χ3v) is 3.86. The van der Waals surface area contributed by atoms with E-state index in [1.165, 1.54) is 5.56 Å². The monoisotopic (exact) mass is 247 g/mol. The highest BCUT2D eigenvalue weighted by molar-refractivity contribution is 5.71. The number of aliphatic carboxylic acids is 1. The smallest absolute Gasteiger partial charge is 0.308 e. The third-order valence-electron chi connectivity index (χ3n) is 3.86. The second-order valence-corrected chi connectivity index (χ2v) is 5.53. The third kappa shape index (κ3) is 2.91. The highest BCUT2D eigenvalue weighted by Gasteiger charge is 2.38. The second-order valence-electron chi connectivity index (χ2n) is 5.53. The fraction of sp³-hybridized carbons (Fsp3) is 0.533. The molecule has 1 aromatic carbocycles. The molecule has 1 heterocycles. The van der Waals surface area contributed by atoms with Gasteiger partial charge in [0.15, 0.2) is 0 Å². The van der Waals surface area contributed by atoms with Crippen molar-refractivity contribution < 1.29 is 9.90 Å². The molecule has 1 aliphatic rings. The van der Waals surface area contributed by atoms with Gasteiger partial charge in [0.1, 0.15) is 0 Å². The fourth-order valence-corrected chi connectivity index (χ4v) is 2.82. The molecule has 1 N–H and O–H groups in total. The van der Waals surface area contributed by atoms with E-state index < -0.39 is 5.97 Å². The van der Waals surface area contributed by atoms with Crippen LogP contribution in [-0.2, 0) is 11.3 Å². The molecular formula is C15H21NO2. The predicted octanol–water partition coefficient (Wildman–Crippen LogP) is 2.48. The first-order valence-electron chi connectivity index (χ1n) is 6.57. The van der Waals surface area contributed by atoms with Crippen molar-refractivity contribution in [1.82, 2.24) is 4.90 Å². The van der Waals surface area contributed by atoms with Crippen LogP contribution in [0, 0.1) is 17.8 Å². The van der Waals surface area contributed by atoms with Gasteiger partial charge in [0, 0.05) is 19.6 Å². The zero-order valence-corrected chi connectivity index (χ0v) is 11.0. The van der Waals surface area contributed by atoms with Gasteiger partial charge in [-0.15, -0.1) is 0 Å². The Kier molecular flexibility index (Phi) is 4.02. The molecule has 1 fully saturated rings. The molecule has 0 saturated carbocycles. The molecule has 98 valence electrons. The Morgan fingerprint density at radius 1 is 1.33 bits per heavy atom. The Labute approximate surface area is 108 Å². The number of benzene rings is 1. The Bertz CT molecular complexity index is 402.